The lowest BCUT2D eigenvalue weighted by Gasteiger charge is -2.48. The maximum atomic E-state index is 13.7. The Hall–Kier alpha value is -2.98. The summed E-state index contributed by atoms with van der Waals surface area (Å²) in [5.74, 6) is -1.36. The van der Waals surface area contributed by atoms with Crippen LogP contribution in [0.15, 0.2) is 77.7 Å². The van der Waals surface area contributed by atoms with Gasteiger partial charge in [0.25, 0.3) is 0 Å². The second kappa shape index (κ2) is 9.34. The lowest BCUT2D eigenvalue weighted by Crippen LogP contribution is -2.64. The van der Waals surface area contributed by atoms with Gasteiger partial charge >= 0.3 is 5.97 Å². The van der Waals surface area contributed by atoms with Crippen LogP contribution in [-0.2, 0) is 26.8 Å². The van der Waals surface area contributed by atoms with Crippen molar-refractivity contribution in [3.8, 4) is 5.75 Å². The number of carbonyl (C=O) groups is 1. The highest BCUT2D eigenvalue weighted by atomic mass is 35.5. The van der Waals surface area contributed by atoms with Crippen LogP contribution >= 0.6 is 11.6 Å². The van der Waals surface area contributed by atoms with Gasteiger partial charge in [-0.1, -0.05) is 41.9 Å². The van der Waals surface area contributed by atoms with Crippen LogP contribution in [-0.4, -0.2) is 42.9 Å². The number of halogens is 2. The van der Waals surface area contributed by atoms with Gasteiger partial charge in [0.05, 0.1) is 18.0 Å². The smallest absolute Gasteiger partial charge is 0.320 e. The summed E-state index contributed by atoms with van der Waals surface area (Å²) in [6.45, 7) is -0.0152. The molecule has 0 radical (unpaired) electrons. The molecule has 1 saturated heterocycles. The van der Waals surface area contributed by atoms with Crippen LogP contribution in [0.2, 0.25) is 5.02 Å². The van der Waals surface area contributed by atoms with Crippen LogP contribution in [0.5, 0.6) is 5.75 Å². The normalized spacial score (nSPS) is 16.4. The summed E-state index contributed by atoms with van der Waals surface area (Å²) in [7, 11) is -3.90. The Kier molecular flexibility index (Phi) is 6.64. The number of ether oxygens (including phenoxy) is 1. The van der Waals surface area contributed by atoms with Gasteiger partial charge in [0.2, 0.25) is 10.0 Å². The standard InChI is InChI=1S/C24H22ClFN2O5S/c25-18-9-7-17(8-10-18)24(33-20-5-2-4-19(26)13-20)14-28(15-24)34(31,32)21-6-1-3-16(11-21)12-22(27)23(29)30/h1-11,13,22H,12,14-15,27H2,(H,29,30)/t22-/m0/s1. The minimum absolute atomic E-state index is 0.00388. The van der Waals surface area contributed by atoms with Crippen molar-refractivity contribution in [2.24, 2.45) is 5.73 Å². The zero-order valence-electron chi connectivity index (χ0n) is 17.9. The van der Waals surface area contributed by atoms with E-state index in [0.29, 0.717) is 16.1 Å². The van der Waals surface area contributed by atoms with E-state index in [1.165, 1.54) is 34.6 Å². The van der Waals surface area contributed by atoms with Crippen molar-refractivity contribution in [3.05, 3.63) is 94.8 Å². The molecule has 7 nitrogen and oxygen atoms in total. The Morgan fingerprint density at radius 3 is 2.44 bits per heavy atom. The molecule has 0 aliphatic carbocycles. The van der Waals surface area contributed by atoms with Crippen molar-refractivity contribution in [1.82, 2.24) is 4.31 Å². The first-order valence-electron chi connectivity index (χ1n) is 10.4. The van der Waals surface area contributed by atoms with Crippen molar-refractivity contribution < 1.29 is 27.4 Å². The summed E-state index contributed by atoms with van der Waals surface area (Å²) < 4.78 is 47.7. The second-order valence-corrected chi connectivity index (χ2v) is 10.5. The zero-order valence-corrected chi connectivity index (χ0v) is 19.5. The second-order valence-electron chi connectivity index (χ2n) is 8.13. The van der Waals surface area contributed by atoms with E-state index in [9.17, 15) is 17.6 Å². The number of carboxylic acids is 1. The SMILES string of the molecule is N[C@@H](Cc1cccc(S(=O)(=O)N2CC(Oc3cccc(F)c3)(c3ccc(Cl)cc3)C2)c1)C(=O)O. The first-order chi connectivity index (χ1) is 16.1. The molecule has 10 heteroatoms. The van der Waals surface area contributed by atoms with Crippen LogP contribution in [0.25, 0.3) is 0 Å². The Balaban J connectivity index is 1.60. The fourth-order valence-electron chi connectivity index (χ4n) is 3.83. The number of hydrogen-bond donors (Lipinski definition) is 2. The molecule has 3 aromatic carbocycles. The number of sulfonamides is 1. The van der Waals surface area contributed by atoms with E-state index < -0.39 is 33.5 Å². The Morgan fingerprint density at radius 2 is 1.79 bits per heavy atom. The van der Waals surface area contributed by atoms with Crippen molar-refractivity contribution in [1.29, 1.82) is 0 Å². The van der Waals surface area contributed by atoms with Gasteiger partial charge < -0.3 is 15.6 Å². The maximum Gasteiger partial charge on any atom is 0.320 e. The van der Waals surface area contributed by atoms with Gasteiger partial charge in [-0.2, -0.15) is 4.31 Å². The maximum absolute atomic E-state index is 13.7. The van der Waals surface area contributed by atoms with Crippen molar-refractivity contribution in [2.45, 2.75) is 23.0 Å². The van der Waals surface area contributed by atoms with Gasteiger partial charge in [-0.15, -0.1) is 0 Å². The molecule has 0 unspecified atom stereocenters. The molecular weight excluding hydrogens is 483 g/mol. The third-order valence-corrected chi connectivity index (χ3v) is 7.69. The van der Waals surface area contributed by atoms with Crippen molar-refractivity contribution in [3.63, 3.8) is 0 Å². The van der Waals surface area contributed by atoms with E-state index >= 15 is 0 Å². The first kappa shape index (κ1) is 24.2. The third kappa shape index (κ3) is 4.92. The van der Waals surface area contributed by atoms with Crippen LogP contribution in [0.3, 0.4) is 0 Å². The molecule has 1 atom stereocenters. The van der Waals surface area contributed by atoms with E-state index in [-0.39, 0.29) is 30.2 Å². The Labute approximate surface area is 201 Å². The van der Waals surface area contributed by atoms with E-state index in [0.717, 1.165) is 0 Å². The molecule has 3 N–H and O–H groups in total. The highest BCUT2D eigenvalue weighted by Crippen LogP contribution is 2.40. The zero-order chi connectivity index (χ0) is 24.5. The quantitative estimate of drug-likeness (QED) is 0.486. The number of nitrogens with zero attached hydrogens (tertiary/aromatic N) is 1. The van der Waals surface area contributed by atoms with E-state index in [2.05, 4.69) is 0 Å². The summed E-state index contributed by atoms with van der Waals surface area (Å²) in [5, 5.41) is 9.55. The summed E-state index contributed by atoms with van der Waals surface area (Å²) >= 11 is 6.01. The van der Waals surface area contributed by atoms with Gasteiger partial charge in [-0.3, -0.25) is 4.79 Å². The molecule has 1 aliphatic heterocycles. The number of benzene rings is 3. The Bertz CT molecular complexity index is 1310. The molecular formula is C24H22ClFN2O5S. The molecule has 1 fully saturated rings. The van der Waals surface area contributed by atoms with E-state index in [1.54, 1.807) is 42.5 Å². The van der Waals surface area contributed by atoms with Crippen LogP contribution < -0.4 is 10.5 Å². The van der Waals surface area contributed by atoms with Crippen LogP contribution in [0.1, 0.15) is 11.1 Å². The van der Waals surface area contributed by atoms with Gasteiger partial charge in [-0.05, 0) is 53.9 Å². The van der Waals surface area contributed by atoms with Crippen molar-refractivity contribution >= 4 is 27.6 Å². The van der Waals surface area contributed by atoms with Crippen molar-refractivity contribution in [2.75, 3.05) is 13.1 Å². The number of carboxylic acid groups (broad SMARTS) is 1. The summed E-state index contributed by atoms with van der Waals surface area (Å²) in [5.41, 5.74) is 5.75. The van der Waals surface area contributed by atoms with Gasteiger partial charge in [0.1, 0.15) is 17.6 Å². The first-order valence-corrected chi connectivity index (χ1v) is 12.2. The van der Waals surface area contributed by atoms with Gasteiger partial charge in [0, 0.05) is 11.1 Å². The summed E-state index contributed by atoms with van der Waals surface area (Å²) in [4.78, 5) is 11.1. The average Bonchev–Trinajstić information content (AvgIpc) is 2.76. The molecule has 0 spiro atoms. The topological polar surface area (TPSA) is 110 Å². The molecule has 0 aromatic heterocycles. The predicted molar refractivity (Wildman–Crippen MR) is 125 cm³/mol. The lowest BCUT2D eigenvalue weighted by atomic mass is 9.87. The number of nitrogens with two attached hydrogens (primary N) is 1. The molecule has 0 bridgehead atoms. The molecule has 178 valence electrons. The third-order valence-electron chi connectivity index (χ3n) is 5.65. The largest absolute Gasteiger partial charge is 0.480 e. The molecule has 4 rings (SSSR count). The predicted octanol–water partition coefficient (Wildman–Crippen LogP) is 3.41. The summed E-state index contributed by atoms with van der Waals surface area (Å²) in [6, 6.07) is 17.4. The highest BCUT2D eigenvalue weighted by Gasteiger charge is 2.52. The molecule has 1 heterocycles. The number of rotatable bonds is 8. The molecule has 0 saturated carbocycles. The minimum Gasteiger partial charge on any atom is -0.480 e. The molecule has 0 amide bonds. The number of aliphatic carboxylic acids is 1. The monoisotopic (exact) mass is 504 g/mol. The highest BCUT2D eigenvalue weighted by molar-refractivity contribution is 7.89. The lowest BCUT2D eigenvalue weighted by molar-refractivity contribution is -0.138. The molecule has 34 heavy (non-hydrogen) atoms. The Morgan fingerprint density at radius 1 is 1.12 bits per heavy atom. The summed E-state index contributed by atoms with van der Waals surface area (Å²) in [6.07, 6.45) is -0.00388. The van der Waals surface area contributed by atoms with E-state index in [4.69, 9.17) is 27.2 Å². The minimum atomic E-state index is -3.90. The van der Waals surface area contributed by atoms with Gasteiger partial charge in [0.15, 0.2) is 5.60 Å². The average molecular weight is 505 g/mol. The molecule has 1 aliphatic rings. The fourth-order valence-corrected chi connectivity index (χ4v) is 5.56. The fraction of sp³-hybridized carbons (Fsp3) is 0.208. The number of hydrogen-bond acceptors (Lipinski definition) is 5. The molecule has 3 aromatic rings. The van der Waals surface area contributed by atoms with E-state index in [1.807, 2.05) is 0 Å². The van der Waals surface area contributed by atoms with Crippen LogP contribution in [0, 0.1) is 5.82 Å². The van der Waals surface area contributed by atoms with Crippen LogP contribution in [0.4, 0.5) is 4.39 Å². The van der Waals surface area contributed by atoms with Gasteiger partial charge in [-0.25, -0.2) is 12.8 Å².